The molecule has 0 heterocycles. The van der Waals surface area contributed by atoms with Gasteiger partial charge in [-0.25, -0.2) is 0 Å². The van der Waals surface area contributed by atoms with Gasteiger partial charge in [0.05, 0.1) is 5.56 Å². The number of fused-ring (bicyclic) bond motifs is 2. The van der Waals surface area contributed by atoms with E-state index >= 15 is 0 Å². The lowest BCUT2D eigenvalue weighted by Crippen LogP contribution is -2.05. The largest absolute Gasteiger partial charge is 0.416 e. The molecule has 3 aromatic carbocycles. The second-order valence-electron chi connectivity index (χ2n) is 5.70. The van der Waals surface area contributed by atoms with Crippen LogP contribution in [0.3, 0.4) is 0 Å². The van der Waals surface area contributed by atoms with E-state index in [0.29, 0.717) is 0 Å². The van der Waals surface area contributed by atoms with Gasteiger partial charge in [-0.15, -0.1) is 0 Å². The van der Waals surface area contributed by atoms with E-state index in [1.807, 2.05) is 31.2 Å². The van der Waals surface area contributed by atoms with Gasteiger partial charge in [0.2, 0.25) is 0 Å². The average molecular weight is 381 g/mol. The van der Waals surface area contributed by atoms with Crippen LogP contribution in [-0.4, -0.2) is 5.33 Å². The third-order valence-electron chi connectivity index (χ3n) is 4.29. The maximum absolute atomic E-state index is 13.1. The van der Waals surface area contributed by atoms with Crippen molar-refractivity contribution in [3.63, 3.8) is 0 Å². The first kappa shape index (κ1) is 16.3. The van der Waals surface area contributed by atoms with Crippen LogP contribution in [0.4, 0.5) is 13.2 Å². The van der Waals surface area contributed by atoms with Gasteiger partial charge in [0.25, 0.3) is 0 Å². The van der Waals surface area contributed by atoms with E-state index in [9.17, 15) is 13.2 Å². The summed E-state index contributed by atoms with van der Waals surface area (Å²) in [5.41, 5.74) is 1.46. The molecule has 3 aromatic rings. The third kappa shape index (κ3) is 2.97. The van der Waals surface area contributed by atoms with Crippen molar-refractivity contribution in [1.82, 2.24) is 0 Å². The molecule has 120 valence electrons. The maximum atomic E-state index is 13.1. The molecule has 0 atom stereocenters. The molecule has 4 heteroatoms. The summed E-state index contributed by atoms with van der Waals surface area (Å²) in [6, 6.07) is 12.1. The summed E-state index contributed by atoms with van der Waals surface area (Å²) in [7, 11) is 0. The number of halogens is 4. The second kappa shape index (κ2) is 6.16. The van der Waals surface area contributed by atoms with Crippen LogP contribution in [0.2, 0.25) is 0 Å². The fourth-order valence-corrected chi connectivity index (χ4v) is 3.45. The summed E-state index contributed by atoms with van der Waals surface area (Å²) in [6.45, 7) is 1.98. The lowest BCUT2D eigenvalue weighted by Gasteiger charge is -2.16. The minimum absolute atomic E-state index is 0.584. The van der Waals surface area contributed by atoms with Gasteiger partial charge in [0.1, 0.15) is 0 Å². The maximum Gasteiger partial charge on any atom is 0.416 e. The van der Waals surface area contributed by atoms with Crippen LogP contribution in [0, 0.1) is 6.92 Å². The molecule has 0 fully saturated rings. The first-order chi connectivity index (χ1) is 10.9. The topological polar surface area (TPSA) is 0 Å². The molecule has 0 spiro atoms. The Bertz CT molecular complexity index is 866. The van der Waals surface area contributed by atoms with E-state index in [4.69, 9.17) is 0 Å². The number of benzene rings is 3. The molecule has 0 saturated carbocycles. The molecule has 3 rings (SSSR count). The van der Waals surface area contributed by atoms with Gasteiger partial charge >= 0.3 is 6.18 Å². The Hall–Kier alpha value is -1.55. The number of aryl methyl sites for hydroxylation is 2. The highest BCUT2D eigenvalue weighted by atomic mass is 79.9. The van der Waals surface area contributed by atoms with Gasteiger partial charge in [0, 0.05) is 5.33 Å². The quantitative estimate of drug-likeness (QED) is 0.352. The van der Waals surface area contributed by atoms with E-state index in [1.54, 1.807) is 6.07 Å². The summed E-state index contributed by atoms with van der Waals surface area (Å²) >= 11 is 3.42. The van der Waals surface area contributed by atoms with Crippen molar-refractivity contribution >= 4 is 37.5 Å². The van der Waals surface area contributed by atoms with Crippen molar-refractivity contribution in [1.29, 1.82) is 0 Å². The lowest BCUT2D eigenvalue weighted by atomic mass is 9.89. The summed E-state index contributed by atoms with van der Waals surface area (Å²) in [6.07, 6.45) is -2.68. The SMILES string of the molecule is Cc1c2ccccc2c(CCCBr)c2cc(C(F)(F)F)ccc12. The van der Waals surface area contributed by atoms with Gasteiger partial charge in [-0.3, -0.25) is 0 Å². The first-order valence-corrected chi connectivity index (χ1v) is 8.62. The van der Waals surface area contributed by atoms with Crippen molar-refractivity contribution in [2.45, 2.75) is 25.9 Å². The van der Waals surface area contributed by atoms with Crippen LogP contribution in [-0.2, 0) is 12.6 Å². The van der Waals surface area contributed by atoms with Gasteiger partial charge in [-0.1, -0.05) is 46.3 Å². The summed E-state index contributed by atoms with van der Waals surface area (Å²) in [5.74, 6) is 0. The Balaban J connectivity index is 2.40. The average Bonchev–Trinajstić information content (AvgIpc) is 2.53. The van der Waals surface area contributed by atoms with E-state index in [0.717, 1.165) is 50.8 Å². The van der Waals surface area contributed by atoms with Crippen molar-refractivity contribution < 1.29 is 13.2 Å². The first-order valence-electron chi connectivity index (χ1n) is 7.50. The lowest BCUT2D eigenvalue weighted by molar-refractivity contribution is -0.137. The molecule has 23 heavy (non-hydrogen) atoms. The fourth-order valence-electron chi connectivity index (χ4n) is 3.17. The number of alkyl halides is 4. The summed E-state index contributed by atoms with van der Waals surface area (Å²) < 4.78 is 39.3. The Morgan fingerprint density at radius 2 is 1.57 bits per heavy atom. The van der Waals surface area contributed by atoms with E-state index in [1.165, 1.54) is 12.1 Å². The van der Waals surface area contributed by atoms with Crippen LogP contribution in [0.25, 0.3) is 21.5 Å². The Morgan fingerprint density at radius 3 is 2.22 bits per heavy atom. The van der Waals surface area contributed by atoms with Crippen molar-refractivity contribution in [2.24, 2.45) is 0 Å². The summed E-state index contributed by atoms with van der Waals surface area (Å²) in [4.78, 5) is 0. The molecule has 0 bridgehead atoms. The predicted molar refractivity (Wildman–Crippen MR) is 93.3 cm³/mol. The minimum atomic E-state index is -4.32. The van der Waals surface area contributed by atoms with Crippen molar-refractivity contribution in [2.75, 3.05) is 5.33 Å². The van der Waals surface area contributed by atoms with Gasteiger partial charge in [-0.2, -0.15) is 13.2 Å². The zero-order valence-electron chi connectivity index (χ0n) is 12.7. The number of hydrogen-bond acceptors (Lipinski definition) is 0. The standard InChI is InChI=1S/C19H16BrF3/c1-12-14-5-2-3-6-16(14)17(7-4-10-20)18-11-13(19(21,22)23)8-9-15(12)18/h2-3,5-6,8-9,11H,4,7,10H2,1H3. The predicted octanol–water partition coefficient (Wildman–Crippen LogP) is 6.65. The molecule has 0 unspecified atom stereocenters. The molecule has 0 saturated heterocycles. The van der Waals surface area contributed by atoms with Crippen molar-refractivity contribution in [3.05, 3.63) is 59.2 Å². The summed E-state index contributed by atoms with van der Waals surface area (Å²) in [5, 5.41) is 4.62. The molecular formula is C19H16BrF3. The molecular weight excluding hydrogens is 365 g/mol. The third-order valence-corrected chi connectivity index (χ3v) is 4.85. The van der Waals surface area contributed by atoms with Crippen LogP contribution >= 0.6 is 15.9 Å². The van der Waals surface area contributed by atoms with E-state index in [-0.39, 0.29) is 0 Å². The van der Waals surface area contributed by atoms with Gasteiger partial charge in [0.15, 0.2) is 0 Å². The molecule has 0 amide bonds. The molecule has 0 N–H and O–H groups in total. The van der Waals surface area contributed by atoms with Crippen LogP contribution in [0.1, 0.15) is 23.1 Å². The number of hydrogen-bond donors (Lipinski definition) is 0. The molecule has 0 aliphatic rings. The molecule has 0 nitrogen and oxygen atoms in total. The second-order valence-corrected chi connectivity index (χ2v) is 6.49. The van der Waals surface area contributed by atoms with Gasteiger partial charge in [-0.05, 0) is 64.6 Å². The van der Waals surface area contributed by atoms with Crippen molar-refractivity contribution in [3.8, 4) is 0 Å². The van der Waals surface area contributed by atoms with Crippen LogP contribution in [0.5, 0.6) is 0 Å². The molecule has 0 aliphatic heterocycles. The minimum Gasteiger partial charge on any atom is -0.166 e. The molecule has 0 aliphatic carbocycles. The highest BCUT2D eigenvalue weighted by Gasteiger charge is 2.30. The smallest absolute Gasteiger partial charge is 0.166 e. The number of rotatable bonds is 3. The highest BCUT2D eigenvalue weighted by Crippen LogP contribution is 2.37. The monoisotopic (exact) mass is 380 g/mol. The highest BCUT2D eigenvalue weighted by molar-refractivity contribution is 9.09. The Kier molecular flexibility index (Phi) is 4.37. The van der Waals surface area contributed by atoms with Gasteiger partial charge < -0.3 is 0 Å². The molecule has 0 radical (unpaired) electrons. The van der Waals surface area contributed by atoms with E-state index in [2.05, 4.69) is 15.9 Å². The zero-order chi connectivity index (χ0) is 16.6. The Labute approximate surface area is 141 Å². The normalized spacial score (nSPS) is 12.2. The Morgan fingerprint density at radius 1 is 0.913 bits per heavy atom. The van der Waals surface area contributed by atoms with E-state index < -0.39 is 11.7 Å². The van der Waals surface area contributed by atoms with Crippen LogP contribution in [0.15, 0.2) is 42.5 Å². The molecule has 0 aromatic heterocycles. The zero-order valence-corrected chi connectivity index (χ0v) is 14.3. The fraction of sp³-hybridized carbons (Fsp3) is 0.263. The van der Waals surface area contributed by atoms with Crippen LogP contribution < -0.4 is 0 Å².